The van der Waals surface area contributed by atoms with Crippen molar-refractivity contribution in [1.82, 2.24) is 4.90 Å². The number of carbonyl (C=O) groups is 1. The van der Waals surface area contributed by atoms with Crippen LogP contribution in [0.4, 0.5) is 0 Å². The van der Waals surface area contributed by atoms with E-state index in [0.29, 0.717) is 6.04 Å². The summed E-state index contributed by atoms with van der Waals surface area (Å²) in [6, 6.07) is 8.82. The monoisotopic (exact) mass is 289 g/mol. The molecule has 2 heterocycles. The number of thiophene rings is 1. The second-order valence-electron chi connectivity index (χ2n) is 5.64. The van der Waals surface area contributed by atoms with Crippen LogP contribution in [0.25, 0.3) is 10.1 Å². The van der Waals surface area contributed by atoms with Crippen LogP contribution in [0.2, 0.25) is 0 Å². The van der Waals surface area contributed by atoms with E-state index in [1.54, 1.807) is 11.3 Å². The highest BCUT2D eigenvalue weighted by atomic mass is 32.1. The molecule has 1 aromatic carbocycles. The lowest BCUT2D eigenvalue weighted by Gasteiger charge is -2.36. The van der Waals surface area contributed by atoms with E-state index < -0.39 is 5.97 Å². The standard InChI is InChI=1S/C16H19NO2S/c1-11-8-12(16(18)19)6-7-17(11)9-13-10-20-15-5-3-2-4-14(13)15/h2-5,10-12H,6-9H2,1H3,(H,18,19). The normalized spacial score (nSPS) is 24.1. The SMILES string of the molecule is CC1CC(C(=O)O)CCN1Cc1csc2ccccc12. The summed E-state index contributed by atoms with van der Waals surface area (Å²) in [6.07, 6.45) is 1.53. The average Bonchev–Trinajstić information content (AvgIpc) is 2.84. The lowest BCUT2D eigenvalue weighted by Crippen LogP contribution is -2.42. The molecule has 0 aliphatic carbocycles. The second-order valence-corrected chi connectivity index (χ2v) is 6.55. The van der Waals surface area contributed by atoms with E-state index in [9.17, 15) is 4.79 Å². The molecule has 2 aromatic rings. The third-order valence-electron chi connectivity index (χ3n) is 4.30. The minimum Gasteiger partial charge on any atom is -0.481 e. The van der Waals surface area contributed by atoms with E-state index in [0.717, 1.165) is 25.9 Å². The molecule has 1 saturated heterocycles. The first-order valence-electron chi connectivity index (χ1n) is 7.07. The number of aliphatic carboxylic acids is 1. The first-order chi connectivity index (χ1) is 9.65. The van der Waals surface area contributed by atoms with Crippen LogP contribution in [0.3, 0.4) is 0 Å². The van der Waals surface area contributed by atoms with E-state index in [2.05, 4.69) is 41.5 Å². The Morgan fingerprint density at radius 2 is 2.25 bits per heavy atom. The van der Waals surface area contributed by atoms with Gasteiger partial charge in [-0.25, -0.2) is 0 Å². The number of hydrogen-bond acceptors (Lipinski definition) is 3. The summed E-state index contributed by atoms with van der Waals surface area (Å²) >= 11 is 1.79. The minimum absolute atomic E-state index is 0.166. The molecule has 3 nitrogen and oxygen atoms in total. The number of rotatable bonds is 3. The number of piperidine rings is 1. The number of hydrogen-bond donors (Lipinski definition) is 1. The number of fused-ring (bicyclic) bond motifs is 1. The van der Waals surface area contributed by atoms with Gasteiger partial charge in [-0.3, -0.25) is 9.69 Å². The third-order valence-corrected chi connectivity index (χ3v) is 5.31. The van der Waals surface area contributed by atoms with Crippen molar-refractivity contribution in [3.05, 3.63) is 35.2 Å². The highest BCUT2D eigenvalue weighted by molar-refractivity contribution is 7.17. The fraction of sp³-hybridized carbons (Fsp3) is 0.438. The molecule has 1 fully saturated rings. The largest absolute Gasteiger partial charge is 0.481 e. The van der Waals surface area contributed by atoms with Crippen molar-refractivity contribution in [3.63, 3.8) is 0 Å². The number of carboxylic acids is 1. The quantitative estimate of drug-likeness (QED) is 0.938. The zero-order valence-electron chi connectivity index (χ0n) is 11.6. The van der Waals surface area contributed by atoms with Crippen molar-refractivity contribution in [2.24, 2.45) is 5.92 Å². The van der Waals surface area contributed by atoms with Crippen LogP contribution in [0.1, 0.15) is 25.3 Å². The molecule has 0 bridgehead atoms. The number of benzene rings is 1. The maximum atomic E-state index is 11.1. The van der Waals surface area contributed by atoms with Crippen molar-refractivity contribution in [2.75, 3.05) is 6.54 Å². The summed E-state index contributed by atoms with van der Waals surface area (Å²) in [6.45, 7) is 3.95. The van der Waals surface area contributed by atoms with E-state index in [4.69, 9.17) is 5.11 Å². The minimum atomic E-state index is -0.641. The Bertz CT molecular complexity index is 622. The van der Waals surface area contributed by atoms with Gasteiger partial charge in [-0.15, -0.1) is 11.3 Å². The first kappa shape index (κ1) is 13.6. The van der Waals surface area contributed by atoms with Crippen LogP contribution >= 0.6 is 11.3 Å². The molecule has 1 aliphatic rings. The van der Waals surface area contributed by atoms with Gasteiger partial charge in [0.2, 0.25) is 0 Å². The molecule has 106 valence electrons. The third kappa shape index (κ3) is 2.58. The van der Waals surface area contributed by atoms with Gasteiger partial charge in [0.15, 0.2) is 0 Å². The molecule has 1 aliphatic heterocycles. The predicted molar refractivity (Wildman–Crippen MR) is 82.1 cm³/mol. The van der Waals surface area contributed by atoms with E-state index >= 15 is 0 Å². The summed E-state index contributed by atoms with van der Waals surface area (Å²) in [5.74, 6) is -0.807. The van der Waals surface area contributed by atoms with Gasteiger partial charge in [-0.05, 0) is 48.7 Å². The van der Waals surface area contributed by atoms with Crippen LogP contribution in [0.15, 0.2) is 29.6 Å². The topological polar surface area (TPSA) is 40.5 Å². The lowest BCUT2D eigenvalue weighted by atomic mass is 9.91. The van der Waals surface area contributed by atoms with Crippen LogP contribution in [0.5, 0.6) is 0 Å². The van der Waals surface area contributed by atoms with Crippen molar-refractivity contribution >= 4 is 27.4 Å². The van der Waals surface area contributed by atoms with Crippen LogP contribution < -0.4 is 0 Å². The number of likely N-dealkylation sites (tertiary alicyclic amines) is 1. The number of nitrogens with zero attached hydrogens (tertiary/aromatic N) is 1. The van der Waals surface area contributed by atoms with Gasteiger partial charge in [-0.2, -0.15) is 0 Å². The molecule has 2 unspecified atom stereocenters. The summed E-state index contributed by atoms with van der Waals surface area (Å²) in [4.78, 5) is 13.5. The highest BCUT2D eigenvalue weighted by Gasteiger charge is 2.29. The molecule has 2 atom stereocenters. The predicted octanol–water partition coefficient (Wildman–Crippen LogP) is 3.59. The smallest absolute Gasteiger partial charge is 0.306 e. The molecule has 0 saturated carbocycles. The zero-order chi connectivity index (χ0) is 14.1. The molecule has 3 rings (SSSR count). The molecular formula is C16H19NO2S. The Hall–Kier alpha value is -1.39. The molecule has 1 aromatic heterocycles. The first-order valence-corrected chi connectivity index (χ1v) is 7.95. The Morgan fingerprint density at radius 3 is 3.00 bits per heavy atom. The Labute approximate surface area is 122 Å². The van der Waals surface area contributed by atoms with Crippen molar-refractivity contribution in [3.8, 4) is 0 Å². The summed E-state index contributed by atoms with van der Waals surface area (Å²) in [5, 5.41) is 12.7. The van der Waals surface area contributed by atoms with Crippen molar-refractivity contribution in [1.29, 1.82) is 0 Å². The molecule has 0 radical (unpaired) electrons. The lowest BCUT2D eigenvalue weighted by molar-refractivity contribution is -0.144. The zero-order valence-corrected chi connectivity index (χ0v) is 12.4. The Morgan fingerprint density at radius 1 is 1.45 bits per heavy atom. The fourth-order valence-corrected chi connectivity index (χ4v) is 4.01. The average molecular weight is 289 g/mol. The Balaban J connectivity index is 1.74. The van der Waals surface area contributed by atoms with Gasteiger partial charge >= 0.3 is 5.97 Å². The van der Waals surface area contributed by atoms with Gasteiger partial charge in [0, 0.05) is 17.3 Å². The summed E-state index contributed by atoms with van der Waals surface area (Å²) in [5.41, 5.74) is 1.37. The highest BCUT2D eigenvalue weighted by Crippen LogP contribution is 2.30. The maximum Gasteiger partial charge on any atom is 0.306 e. The molecule has 0 amide bonds. The van der Waals surface area contributed by atoms with Gasteiger partial charge in [-0.1, -0.05) is 18.2 Å². The summed E-state index contributed by atoms with van der Waals surface area (Å²) < 4.78 is 1.33. The van der Waals surface area contributed by atoms with Gasteiger partial charge in [0.1, 0.15) is 0 Å². The number of carboxylic acid groups (broad SMARTS) is 1. The molecule has 0 spiro atoms. The van der Waals surface area contributed by atoms with E-state index in [-0.39, 0.29) is 5.92 Å². The van der Waals surface area contributed by atoms with Crippen LogP contribution in [0, 0.1) is 5.92 Å². The van der Waals surface area contributed by atoms with Crippen molar-refractivity contribution in [2.45, 2.75) is 32.4 Å². The van der Waals surface area contributed by atoms with Crippen LogP contribution in [-0.4, -0.2) is 28.6 Å². The molecule has 4 heteroatoms. The molecule has 1 N–H and O–H groups in total. The van der Waals surface area contributed by atoms with Gasteiger partial charge in [0.05, 0.1) is 5.92 Å². The maximum absolute atomic E-state index is 11.1. The second kappa shape index (κ2) is 5.54. The Kier molecular flexibility index (Phi) is 3.76. The summed E-state index contributed by atoms with van der Waals surface area (Å²) in [7, 11) is 0. The van der Waals surface area contributed by atoms with E-state index in [1.807, 2.05) is 0 Å². The fourth-order valence-electron chi connectivity index (χ4n) is 3.05. The molecule has 20 heavy (non-hydrogen) atoms. The van der Waals surface area contributed by atoms with Crippen LogP contribution in [-0.2, 0) is 11.3 Å². The van der Waals surface area contributed by atoms with E-state index in [1.165, 1.54) is 15.6 Å². The molecular weight excluding hydrogens is 270 g/mol. The van der Waals surface area contributed by atoms with Crippen molar-refractivity contribution < 1.29 is 9.90 Å². The van der Waals surface area contributed by atoms with Gasteiger partial charge in [0.25, 0.3) is 0 Å². The van der Waals surface area contributed by atoms with Gasteiger partial charge < -0.3 is 5.11 Å².